The van der Waals surface area contributed by atoms with E-state index in [2.05, 4.69) is 5.32 Å². The van der Waals surface area contributed by atoms with Crippen LogP contribution in [0.1, 0.15) is 6.42 Å². The van der Waals surface area contributed by atoms with Crippen LogP contribution < -0.4 is 10.2 Å². The second kappa shape index (κ2) is 4.03. The number of carbonyl (C=O) groups excluding carboxylic acids is 1. The molecule has 0 bridgehead atoms. The van der Waals surface area contributed by atoms with Crippen LogP contribution in [0.2, 0.25) is 0 Å². The molecule has 1 aromatic rings. The van der Waals surface area contributed by atoms with E-state index in [4.69, 9.17) is 0 Å². The SMILES string of the molecule is O=C1NCCCN1c1cc(F)c(F)c(F)c1. The van der Waals surface area contributed by atoms with Gasteiger partial charge in [-0.3, -0.25) is 4.90 Å². The lowest BCUT2D eigenvalue weighted by Gasteiger charge is -2.27. The molecule has 6 heteroatoms. The highest BCUT2D eigenvalue weighted by molar-refractivity contribution is 5.92. The summed E-state index contributed by atoms with van der Waals surface area (Å²) in [6.07, 6.45) is 0.673. The molecule has 0 radical (unpaired) electrons. The van der Waals surface area contributed by atoms with Gasteiger partial charge in [-0.15, -0.1) is 0 Å². The monoisotopic (exact) mass is 230 g/mol. The van der Waals surface area contributed by atoms with Gasteiger partial charge in [0.15, 0.2) is 17.5 Å². The molecule has 0 aliphatic carbocycles. The van der Waals surface area contributed by atoms with Gasteiger partial charge in [-0.2, -0.15) is 0 Å². The molecule has 0 saturated carbocycles. The molecule has 1 fully saturated rings. The summed E-state index contributed by atoms with van der Waals surface area (Å²) in [5, 5.41) is 2.53. The molecule has 1 aromatic carbocycles. The number of halogens is 3. The van der Waals surface area contributed by atoms with E-state index in [1.165, 1.54) is 4.90 Å². The van der Waals surface area contributed by atoms with Crippen LogP contribution in [-0.4, -0.2) is 19.1 Å². The predicted molar refractivity (Wildman–Crippen MR) is 51.7 cm³/mol. The molecule has 3 nitrogen and oxygen atoms in total. The molecule has 0 atom stereocenters. The van der Waals surface area contributed by atoms with Crippen molar-refractivity contribution in [3.63, 3.8) is 0 Å². The van der Waals surface area contributed by atoms with E-state index < -0.39 is 23.5 Å². The smallest absolute Gasteiger partial charge is 0.321 e. The molecule has 1 aliphatic rings. The van der Waals surface area contributed by atoms with Gasteiger partial charge in [-0.25, -0.2) is 18.0 Å². The number of nitrogens with zero attached hydrogens (tertiary/aromatic N) is 1. The molecule has 0 aromatic heterocycles. The molecule has 0 spiro atoms. The Morgan fingerprint density at radius 3 is 2.38 bits per heavy atom. The van der Waals surface area contributed by atoms with Gasteiger partial charge in [0.2, 0.25) is 0 Å². The highest BCUT2D eigenvalue weighted by Gasteiger charge is 2.22. The highest BCUT2D eigenvalue weighted by Crippen LogP contribution is 2.22. The minimum atomic E-state index is -1.53. The van der Waals surface area contributed by atoms with Crippen molar-refractivity contribution >= 4 is 11.7 Å². The third-order valence-electron chi connectivity index (χ3n) is 2.36. The maximum atomic E-state index is 12.9. The largest absolute Gasteiger partial charge is 0.338 e. The standard InChI is InChI=1S/C10H9F3N2O/c11-7-4-6(5-8(12)9(7)13)15-3-1-2-14-10(15)16/h4-5H,1-3H2,(H,14,16). The topological polar surface area (TPSA) is 32.3 Å². The number of hydrogen-bond acceptors (Lipinski definition) is 1. The molecule has 1 aliphatic heterocycles. The number of rotatable bonds is 1. The Kier molecular flexibility index (Phi) is 2.72. The first kappa shape index (κ1) is 10.8. The van der Waals surface area contributed by atoms with Gasteiger partial charge >= 0.3 is 6.03 Å². The van der Waals surface area contributed by atoms with Crippen molar-refractivity contribution in [2.45, 2.75) is 6.42 Å². The maximum Gasteiger partial charge on any atom is 0.321 e. The zero-order chi connectivity index (χ0) is 11.7. The Bertz CT molecular complexity index is 413. The van der Waals surface area contributed by atoms with E-state index >= 15 is 0 Å². The van der Waals surface area contributed by atoms with Crippen molar-refractivity contribution in [1.82, 2.24) is 5.32 Å². The van der Waals surface area contributed by atoms with Gasteiger partial charge in [0.05, 0.1) is 5.69 Å². The molecular formula is C10H9F3N2O. The molecular weight excluding hydrogens is 221 g/mol. The van der Waals surface area contributed by atoms with Crippen molar-refractivity contribution in [3.8, 4) is 0 Å². The van der Waals surface area contributed by atoms with Gasteiger partial charge in [0, 0.05) is 25.2 Å². The number of benzene rings is 1. The van der Waals surface area contributed by atoms with Crippen molar-refractivity contribution in [2.24, 2.45) is 0 Å². The molecule has 1 N–H and O–H groups in total. The van der Waals surface area contributed by atoms with Crippen molar-refractivity contribution in [2.75, 3.05) is 18.0 Å². The van der Waals surface area contributed by atoms with E-state index in [-0.39, 0.29) is 5.69 Å². The van der Waals surface area contributed by atoms with E-state index in [0.717, 1.165) is 12.1 Å². The Morgan fingerprint density at radius 2 is 1.81 bits per heavy atom. The first-order valence-electron chi connectivity index (χ1n) is 4.79. The fraction of sp³-hybridized carbons (Fsp3) is 0.300. The second-order valence-electron chi connectivity index (χ2n) is 3.46. The van der Waals surface area contributed by atoms with Crippen molar-refractivity contribution < 1.29 is 18.0 Å². The Hall–Kier alpha value is -1.72. The first-order valence-corrected chi connectivity index (χ1v) is 4.79. The summed E-state index contributed by atoms with van der Waals surface area (Å²) in [7, 11) is 0. The van der Waals surface area contributed by atoms with E-state index in [1.807, 2.05) is 0 Å². The average Bonchev–Trinajstić information content (AvgIpc) is 2.26. The molecule has 1 heterocycles. The fourth-order valence-electron chi connectivity index (χ4n) is 1.57. The van der Waals surface area contributed by atoms with Gasteiger partial charge in [0.25, 0.3) is 0 Å². The number of amides is 2. The summed E-state index contributed by atoms with van der Waals surface area (Å²) in [5.41, 5.74) is 0.0219. The van der Waals surface area contributed by atoms with Gasteiger partial charge in [0.1, 0.15) is 0 Å². The second-order valence-corrected chi connectivity index (χ2v) is 3.46. The van der Waals surface area contributed by atoms with Crippen molar-refractivity contribution in [1.29, 1.82) is 0 Å². The lowest BCUT2D eigenvalue weighted by molar-refractivity contribution is 0.243. The number of urea groups is 1. The van der Waals surface area contributed by atoms with Crippen LogP contribution in [0, 0.1) is 17.5 Å². The lowest BCUT2D eigenvalue weighted by atomic mass is 10.2. The number of hydrogen-bond donors (Lipinski definition) is 1. The first-order chi connectivity index (χ1) is 7.59. The number of nitrogens with one attached hydrogen (secondary N) is 1. The van der Waals surface area contributed by atoms with Crippen LogP contribution in [0.25, 0.3) is 0 Å². The highest BCUT2D eigenvalue weighted by atomic mass is 19.2. The van der Waals surface area contributed by atoms with E-state index in [1.54, 1.807) is 0 Å². The van der Waals surface area contributed by atoms with Crippen LogP contribution >= 0.6 is 0 Å². The molecule has 86 valence electrons. The van der Waals surface area contributed by atoms with Crippen LogP contribution in [0.4, 0.5) is 23.7 Å². The fourth-order valence-corrected chi connectivity index (χ4v) is 1.57. The zero-order valence-corrected chi connectivity index (χ0v) is 8.27. The van der Waals surface area contributed by atoms with E-state index in [9.17, 15) is 18.0 Å². The lowest BCUT2D eigenvalue weighted by Crippen LogP contribution is -2.46. The van der Waals surface area contributed by atoms with Crippen molar-refractivity contribution in [3.05, 3.63) is 29.6 Å². The quantitative estimate of drug-likeness (QED) is 0.735. The summed E-state index contributed by atoms with van der Waals surface area (Å²) in [4.78, 5) is 12.6. The molecule has 0 unspecified atom stereocenters. The van der Waals surface area contributed by atoms with Crippen LogP contribution in [0.5, 0.6) is 0 Å². The van der Waals surface area contributed by atoms with E-state index in [0.29, 0.717) is 19.5 Å². The zero-order valence-electron chi connectivity index (χ0n) is 8.27. The van der Waals surface area contributed by atoms with Gasteiger partial charge in [-0.05, 0) is 6.42 Å². The van der Waals surface area contributed by atoms with Gasteiger partial charge < -0.3 is 5.32 Å². The van der Waals surface area contributed by atoms with Gasteiger partial charge in [-0.1, -0.05) is 0 Å². The Morgan fingerprint density at radius 1 is 1.19 bits per heavy atom. The minimum absolute atomic E-state index is 0.0219. The third kappa shape index (κ3) is 1.82. The molecule has 16 heavy (non-hydrogen) atoms. The third-order valence-corrected chi connectivity index (χ3v) is 2.36. The summed E-state index contributed by atoms with van der Waals surface area (Å²) in [5.74, 6) is -4.12. The number of carbonyl (C=O) groups is 1. The average molecular weight is 230 g/mol. The Labute approximate surface area is 89.9 Å². The summed E-state index contributed by atoms with van der Waals surface area (Å²) in [6.45, 7) is 0.887. The minimum Gasteiger partial charge on any atom is -0.338 e. The van der Waals surface area contributed by atoms with Crippen LogP contribution in [0.3, 0.4) is 0 Å². The predicted octanol–water partition coefficient (Wildman–Crippen LogP) is 2.02. The molecule has 1 saturated heterocycles. The van der Waals surface area contributed by atoms with Crippen LogP contribution in [0.15, 0.2) is 12.1 Å². The summed E-state index contributed by atoms with van der Waals surface area (Å²) < 4.78 is 38.6. The normalized spacial score (nSPS) is 16.2. The molecule has 2 amide bonds. The number of anilines is 1. The molecule has 2 rings (SSSR count). The summed E-state index contributed by atoms with van der Waals surface area (Å²) in [6, 6.07) is 1.18. The maximum absolute atomic E-state index is 12.9. The van der Waals surface area contributed by atoms with Crippen LogP contribution in [-0.2, 0) is 0 Å². The Balaban J connectivity index is 2.36. The summed E-state index contributed by atoms with van der Waals surface area (Å²) >= 11 is 0.